The molecule has 0 heterocycles. The number of hydrogen-bond acceptors (Lipinski definition) is 3. The molecule has 1 aromatic carbocycles. The van der Waals surface area contributed by atoms with Crippen LogP contribution in [0.25, 0.3) is 0 Å². The smallest absolute Gasteiger partial charge is 0.311 e. The molecule has 0 bridgehead atoms. The van der Waals surface area contributed by atoms with E-state index >= 15 is 0 Å². The summed E-state index contributed by atoms with van der Waals surface area (Å²) in [6.07, 6.45) is 17.1. The predicted octanol–water partition coefficient (Wildman–Crippen LogP) is 7.45. The molecule has 4 heteroatoms. The monoisotopic (exact) mass is 394 g/mol. The van der Waals surface area contributed by atoms with Crippen molar-refractivity contribution in [2.24, 2.45) is 0 Å². The first-order chi connectivity index (χ1) is 13.1. The molecule has 0 fully saturated rings. The van der Waals surface area contributed by atoms with Crippen molar-refractivity contribution in [3.05, 3.63) is 29.8 Å². The van der Waals surface area contributed by atoms with E-state index in [4.69, 9.17) is 16.3 Å². The van der Waals surface area contributed by atoms with Gasteiger partial charge in [-0.25, -0.2) is 0 Å². The van der Waals surface area contributed by atoms with Crippen LogP contribution in [0, 0.1) is 0 Å². The van der Waals surface area contributed by atoms with E-state index in [1.807, 2.05) is 0 Å². The molecule has 0 aliphatic heterocycles. The van der Waals surface area contributed by atoms with E-state index in [1.54, 1.807) is 24.3 Å². The van der Waals surface area contributed by atoms with Gasteiger partial charge in [0.05, 0.1) is 0 Å². The number of ether oxygens (including phenoxy) is 1. The van der Waals surface area contributed by atoms with Crippen molar-refractivity contribution in [1.29, 1.82) is 0 Å². The fourth-order valence-corrected chi connectivity index (χ4v) is 3.25. The van der Waals surface area contributed by atoms with Gasteiger partial charge in [0.1, 0.15) is 5.75 Å². The summed E-state index contributed by atoms with van der Waals surface area (Å²) >= 11 is 5.38. The molecule has 0 amide bonds. The summed E-state index contributed by atoms with van der Waals surface area (Å²) in [4.78, 5) is 22.8. The Bertz CT molecular complexity index is 525. The van der Waals surface area contributed by atoms with Gasteiger partial charge in [-0.15, -0.1) is 0 Å². The molecule has 27 heavy (non-hydrogen) atoms. The number of halogens is 1. The molecule has 3 nitrogen and oxygen atoms in total. The van der Waals surface area contributed by atoms with Gasteiger partial charge in [-0.2, -0.15) is 0 Å². The second-order valence-electron chi connectivity index (χ2n) is 7.26. The van der Waals surface area contributed by atoms with E-state index in [1.165, 1.54) is 70.6 Å². The highest BCUT2D eigenvalue weighted by Gasteiger charge is 2.06. The molecule has 0 radical (unpaired) electrons. The lowest BCUT2D eigenvalue weighted by molar-refractivity contribution is -0.134. The molecular formula is C23H35ClO3. The van der Waals surface area contributed by atoms with Gasteiger partial charge in [0, 0.05) is 12.0 Å². The van der Waals surface area contributed by atoms with Crippen LogP contribution in [0.5, 0.6) is 5.75 Å². The molecule has 0 saturated heterocycles. The van der Waals surface area contributed by atoms with E-state index in [0.717, 1.165) is 12.8 Å². The van der Waals surface area contributed by atoms with Gasteiger partial charge >= 0.3 is 5.97 Å². The average molecular weight is 395 g/mol. The van der Waals surface area contributed by atoms with Crippen molar-refractivity contribution in [3.63, 3.8) is 0 Å². The van der Waals surface area contributed by atoms with Crippen molar-refractivity contribution in [1.82, 2.24) is 0 Å². The number of unbranched alkanes of at least 4 members (excludes halogenated alkanes) is 12. The maximum atomic E-state index is 11.8. The Morgan fingerprint density at radius 2 is 1.19 bits per heavy atom. The average Bonchev–Trinajstić information content (AvgIpc) is 2.66. The van der Waals surface area contributed by atoms with E-state index in [2.05, 4.69) is 6.92 Å². The maximum Gasteiger partial charge on any atom is 0.311 e. The number of hydrogen-bond donors (Lipinski definition) is 0. The van der Waals surface area contributed by atoms with Gasteiger partial charge < -0.3 is 4.74 Å². The van der Waals surface area contributed by atoms with Gasteiger partial charge in [-0.3, -0.25) is 9.59 Å². The van der Waals surface area contributed by atoms with Crippen molar-refractivity contribution < 1.29 is 14.3 Å². The Morgan fingerprint density at radius 3 is 1.63 bits per heavy atom. The summed E-state index contributed by atoms with van der Waals surface area (Å²) < 4.78 is 5.26. The zero-order chi connectivity index (χ0) is 19.7. The van der Waals surface area contributed by atoms with Crippen LogP contribution in [0.2, 0.25) is 0 Å². The summed E-state index contributed by atoms with van der Waals surface area (Å²) in [7, 11) is 0. The third-order valence-electron chi connectivity index (χ3n) is 4.80. The molecule has 1 rings (SSSR count). The van der Waals surface area contributed by atoms with E-state index in [0.29, 0.717) is 17.7 Å². The third kappa shape index (κ3) is 12.6. The summed E-state index contributed by atoms with van der Waals surface area (Å²) in [5.74, 6) is 0.236. The SMILES string of the molecule is CCCCCCCCCCCCCCCC(=O)Oc1ccc(C(=O)Cl)cc1. The molecule has 0 aliphatic carbocycles. The number of esters is 1. The molecular weight excluding hydrogens is 360 g/mol. The number of benzene rings is 1. The Hall–Kier alpha value is -1.35. The summed E-state index contributed by atoms with van der Waals surface area (Å²) in [6.45, 7) is 2.26. The third-order valence-corrected chi connectivity index (χ3v) is 5.02. The van der Waals surface area contributed by atoms with Crippen LogP contribution < -0.4 is 4.74 Å². The zero-order valence-electron chi connectivity index (χ0n) is 16.8. The molecule has 0 atom stereocenters. The summed E-state index contributed by atoms with van der Waals surface area (Å²) in [5.41, 5.74) is 0.396. The highest BCUT2D eigenvalue weighted by molar-refractivity contribution is 6.67. The Kier molecular flexibility index (Phi) is 13.8. The number of rotatable bonds is 16. The van der Waals surface area contributed by atoms with Crippen LogP contribution in [0.3, 0.4) is 0 Å². The first-order valence-corrected chi connectivity index (χ1v) is 11.0. The van der Waals surface area contributed by atoms with E-state index in [-0.39, 0.29) is 5.97 Å². The molecule has 0 spiro atoms. The minimum absolute atomic E-state index is 0.219. The molecule has 0 N–H and O–H groups in total. The van der Waals surface area contributed by atoms with Gasteiger partial charge in [0.15, 0.2) is 0 Å². The lowest BCUT2D eigenvalue weighted by Gasteiger charge is -2.05. The molecule has 0 saturated carbocycles. The zero-order valence-corrected chi connectivity index (χ0v) is 17.6. The van der Waals surface area contributed by atoms with Crippen molar-refractivity contribution in [3.8, 4) is 5.75 Å². The minimum Gasteiger partial charge on any atom is -0.427 e. The maximum absolute atomic E-state index is 11.8. The van der Waals surface area contributed by atoms with E-state index in [9.17, 15) is 9.59 Å². The fraction of sp³-hybridized carbons (Fsp3) is 0.652. The minimum atomic E-state index is -0.514. The first kappa shape index (κ1) is 23.7. The lowest BCUT2D eigenvalue weighted by atomic mass is 10.0. The topological polar surface area (TPSA) is 43.4 Å². The number of carbonyl (C=O) groups is 2. The van der Waals surface area contributed by atoms with Gasteiger partial charge in [0.2, 0.25) is 0 Å². The molecule has 0 unspecified atom stereocenters. The second kappa shape index (κ2) is 15.7. The predicted molar refractivity (Wildman–Crippen MR) is 113 cm³/mol. The molecule has 1 aromatic rings. The first-order valence-electron chi connectivity index (χ1n) is 10.6. The normalized spacial score (nSPS) is 10.7. The van der Waals surface area contributed by atoms with Crippen molar-refractivity contribution in [2.45, 2.75) is 96.8 Å². The Balaban J connectivity index is 1.93. The lowest BCUT2D eigenvalue weighted by Crippen LogP contribution is -2.07. The largest absolute Gasteiger partial charge is 0.427 e. The Labute approximate surface area is 169 Å². The fourth-order valence-electron chi connectivity index (χ4n) is 3.12. The summed E-state index contributed by atoms with van der Waals surface area (Å²) in [5, 5.41) is -0.514. The van der Waals surface area contributed by atoms with Crippen molar-refractivity contribution >= 4 is 22.8 Å². The van der Waals surface area contributed by atoms with Crippen LogP contribution in [-0.4, -0.2) is 11.2 Å². The van der Waals surface area contributed by atoms with Gasteiger partial charge in [0.25, 0.3) is 5.24 Å². The number of carbonyl (C=O) groups excluding carboxylic acids is 2. The Morgan fingerprint density at radius 1 is 0.741 bits per heavy atom. The van der Waals surface area contributed by atoms with Gasteiger partial charge in [-0.1, -0.05) is 84.0 Å². The highest BCUT2D eigenvalue weighted by atomic mass is 35.5. The molecule has 152 valence electrons. The quantitative estimate of drug-likeness (QED) is 0.126. The van der Waals surface area contributed by atoms with Crippen LogP contribution in [0.1, 0.15) is 107 Å². The van der Waals surface area contributed by atoms with Crippen molar-refractivity contribution in [2.75, 3.05) is 0 Å². The van der Waals surface area contributed by atoms with Crippen LogP contribution in [0.15, 0.2) is 24.3 Å². The van der Waals surface area contributed by atoms with Crippen LogP contribution in [0.4, 0.5) is 0 Å². The molecule has 0 aromatic heterocycles. The molecule has 0 aliphatic rings. The van der Waals surface area contributed by atoms with E-state index < -0.39 is 5.24 Å². The standard InChI is InChI=1S/C23H35ClO3/c1-2-3-4-5-6-7-8-9-10-11-12-13-14-15-22(25)27-21-18-16-20(17-19-21)23(24)26/h16-19H,2-15H2,1H3. The van der Waals surface area contributed by atoms with Crippen LogP contribution in [-0.2, 0) is 4.79 Å². The summed E-state index contributed by atoms with van der Waals surface area (Å²) in [6, 6.07) is 6.31. The van der Waals surface area contributed by atoms with Crippen LogP contribution >= 0.6 is 11.6 Å². The second-order valence-corrected chi connectivity index (χ2v) is 7.61. The van der Waals surface area contributed by atoms with Gasteiger partial charge in [-0.05, 0) is 42.3 Å². The highest BCUT2D eigenvalue weighted by Crippen LogP contribution is 2.16.